The summed E-state index contributed by atoms with van der Waals surface area (Å²) in [6, 6.07) is 19.2. The van der Waals surface area contributed by atoms with E-state index in [1.165, 1.54) is 24.7 Å². The van der Waals surface area contributed by atoms with E-state index in [0.29, 0.717) is 5.76 Å². The van der Waals surface area contributed by atoms with Crippen molar-refractivity contribution in [3.63, 3.8) is 0 Å². The van der Waals surface area contributed by atoms with E-state index in [1.54, 1.807) is 0 Å². The lowest BCUT2D eigenvalue weighted by molar-refractivity contribution is -0.156. The summed E-state index contributed by atoms with van der Waals surface area (Å²) >= 11 is 0. The number of cyclic esters (lactones) is 1. The van der Waals surface area contributed by atoms with Crippen molar-refractivity contribution in [2.24, 2.45) is 11.8 Å². The summed E-state index contributed by atoms with van der Waals surface area (Å²) in [4.78, 5) is 41.8. The van der Waals surface area contributed by atoms with E-state index in [2.05, 4.69) is 13.0 Å². The first-order valence-corrected chi connectivity index (χ1v) is 16.4. The van der Waals surface area contributed by atoms with Gasteiger partial charge >= 0.3 is 12.1 Å². The van der Waals surface area contributed by atoms with Crippen LogP contribution in [0.4, 0.5) is 4.79 Å². The Labute approximate surface area is 268 Å². The normalized spacial score (nSPS) is 17.3. The molecule has 1 fully saturated rings. The number of hydrogen-bond acceptors (Lipinski definition) is 6. The molecule has 2 aromatic carbocycles. The van der Waals surface area contributed by atoms with Crippen LogP contribution in [0.15, 0.2) is 65.1 Å². The standard InChI is InChI=1S/C38H49NO6/c1-8-9-10-11-15-21-32-30(29-20-16-17-26(4)22-29)24-33(44-32)34(43-27(5)40)31(23-28-18-13-12-14-19-28)36(41)39-35(25(2)3)38(6,7)45-37(39)42/h12-14,16-20,22,24-25,31,34-35H,8-11,15,21,23H2,1-7H3/t31-,34-,35-/m0/s1. The van der Waals surface area contributed by atoms with E-state index in [-0.39, 0.29) is 12.3 Å². The Balaban J connectivity index is 1.82. The van der Waals surface area contributed by atoms with Crippen LogP contribution in [0, 0.1) is 18.8 Å². The zero-order chi connectivity index (χ0) is 32.7. The van der Waals surface area contributed by atoms with Gasteiger partial charge in [-0.3, -0.25) is 9.59 Å². The molecule has 0 N–H and O–H groups in total. The van der Waals surface area contributed by atoms with Crippen LogP contribution >= 0.6 is 0 Å². The fourth-order valence-electron chi connectivity index (χ4n) is 6.70. The number of imide groups is 1. The average molecular weight is 616 g/mol. The predicted molar refractivity (Wildman–Crippen MR) is 176 cm³/mol. The fraction of sp³-hybridized carbons (Fsp3) is 0.500. The number of carbonyl (C=O) groups is 3. The molecule has 1 aromatic heterocycles. The summed E-state index contributed by atoms with van der Waals surface area (Å²) in [6.07, 6.45) is 4.78. The minimum absolute atomic E-state index is 0.0594. The summed E-state index contributed by atoms with van der Waals surface area (Å²) in [5.74, 6) is -0.785. The monoisotopic (exact) mass is 615 g/mol. The number of ether oxygens (including phenoxy) is 2. The van der Waals surface area contributed by atoms with Gasteiger partial charge in [-0.25, -0.2) is 9.69 Å². The highest BCUT2D eigenvalue weighted by atomic mass is 16.6. The fourth-order valence-corrected chi connectivity index (χ4v) is 6.70. The second-order valence-electron chi connectivity index (χ2n) is 13.2. The lowest BCUT2D eigenvalue weighted by Gasteiger charge is -2.34. The van der Waals surface area contributed by atoms with Crippen LogP contribution in [-0.2, 0) is 31.9 Å². The molecule has 7 heteroatoms. The number of hydrogen-bond donors (Lipinski definition) is 0. The second-order valence-corrected chi connectivity index (χ2v) is 13.2. The van der Waals surface area contributed by atoms with Crippen LogP contribution in [0.25, 0.3) is 11.1 Å². The highest BCUT2D eigenvalue weighted by Crippen LogP contribution is 2.41. The number of aryl methyl sites for hydroxylation is 2. The van der Waals surface area contributed by atoms with Gasteiger partial charge in [0.1, 0.15) is 17.1 Å². The molecule has 1 aliphatic rings. The molecular weight excluding hydrogens is 566 g/mol. The molecule has 0 unspecified atom stereocenters. The average Bonchev–Trinajstić information content (AvgIpc) is 3.51. The van der Waals surface area contributed by atoms with Crippen LogP contribution in [0.1, 0.15) is 102 Å². The zero-order valence-electron chi connectivity index (χ0n) is 27.9. The molecule has 0 saturated carbocycles. The number of esters is 1. The quantitative estimate of drug-likeness (QED) is 0.133. The Morgan fingerprint density at radius 3 is 2.33 bits per heavy atom. The highest BCUT2D eigenvalue weighted by Gasteiger charge is 2.54. The van der Waals surface area contributed by atoms with Gasteiger partial charge in [-0.2, -0.15) is 0 Å². The van der Waals surface area contributed by atoms with Crippen molar-refractivity contribution in [3.05, 3.63) is 83.3 Å². The first-order chi connectivity index (χ1) is 21.4. The molecule has 7 nitrogen and oxygen atoms in total. The van der Waals surface area contributed by atoms with Crippen molar-refractivity contribution in [2.45, 2.75) is 111 Å². The molecule has 0 bridgehead atoms. The maximum absolute atomic E-state index is 14.6. The molecule has 1 aliphatic heterocycles. The van der Waals surface area contributed by atoms with Crippen LogP contribution < -0.4 is 0 Å². The molecule has 45 heavy (non-hydrogen) atoms. The highest BCUT2D eigenvalue weighted by molar-refractivity contribution is 5.96. The van der Waals surface area contributed by atoms with E-state index >= 15 is 0 Å². The molecule has 0 spiro atoms. The molecule has 3 atom stereocenters. The summed E-state index contributed by atoms with van der Waals surface area (Å²) in [6.45, 7) is 13.2. The van der Waals surface area contributed by atoms with Gasteiger partial charge in [0.15, 0.2) is 6.10 Å². The third-order valence-electron chi connectivity index (χ3n) is 8.63. The number of rotatable bonds is 14. The molecule has 2 amide bonds. The van der Waals surface area contributed by atoms with Crippen LogP contribution in [-0.4, -0.2) is 34.5 Å². The minimum Gasteiger partial charge on any atom is -0.461 e. The Morgan fingerprint density at radius 1 is 0.978 bits per heavy atom. The van der Waals surface area contributed by atoms with Gasteiger partial charge in [0, 0.05) is 18.9 Å². The summed E-state index contributed by atoms with van der Waals surface area (Å²) in [7, 11) is 0. The van der Waals surface area contributed by atoms with Gasteiger partial charge in [0.2, 0.25) is 5.91 Å². The topological polar surface area (TPSA) is 86.0 Å². The Hall–Kier alpha value is -3.87. The van der Waals surface area contributed by atoms with Crippen molar-refractivity contribution in [1.29, 1.82) is 0 Å². The molecule has 0 aliphatic carbocycles. The van der Waals surface area contributed by atoms with Crippen molar-refractivity contribution in [1.82, 2.24) is 4.90 Å². The van der Waals surface area contributed by atoms with E-state index in [0.717, 1.165) is 53.7 Å². The number of amides is 2. The van der Waals surface area contributed by atoms with Crippen molar-refractivity contribution >= 4 is 18.0 Å². The number of carbonyl (C=O) groups excluding carboxylic acids is 3. The zero-order valence-corrected chi connectivity index (χ0v) is 27.9. The van der Waals surface area contributed by atoms with E-state index < -0.39 is 41.6 Å². The molecule has 242 valence electrons. The lowest BCUT2D eigenvalue weighted by atomic mass is 9.86. The van der Waals surface area contributed by atoms with Crippen molar-refractivity contribution in [2.75, 3.05) is 0 Å². The first-order valence-electron chi connectivity index (χ1n) is 16.4. The minimum atomic E-state index is -1.06. The molecule has 1 saturated heterocycles. The van der Waals surface area contributed by atoms with Gasteiger partial charge < -0.3 is 13.9 Å². The van der Waals surface area contributed by atoms with Crippen molar-refractivity contribution in [3.8, 4) is 11.1 Å². The third-order valence-corrected chi connectivity index (χ3v) is 8.63. The predicted octanol–water partition coefficient (Wildman–Crippen LogP) is 9.01. The Bertz CT molecular complexity index is 1460. The number of unbranched alkanes of at least 4 members (excludes halogenated alkanes) is 4. The molecule has 2 heterocycles. The molecular formula is C38H49NO6. The maximum atomic E-state index is 14.6. The molecule has 3 aromatic rings. The van der Waals surface area contributed by atoms with Gasteiger partial charge in [-0.15, -0.1) is 0 Å². The van der Waals surface area contributed by atoms with Crippen LogP contribution in [0.2, 0.25) is 0 Å². The summed E-state index contributed by atoms with van der Waals surface area (Å²) < 4.78 is 18.3. The van der Waals surface area contributed by atoms with Gasteiger partial charge in [0.05, 0.1) is 12.0 Å². The summed E-state index contributed by atoms with van der Waals surface area (Å²) in [5.41, 5.74) is 3.05. The Kier molecular flexibility index (Phi) is 11.3. The number of nitrogens with zero attached hydrogens (tertiary/aromatic N) is 1. The SMILES string of the molecule is CCCCCCCc1oc([C@@H](OC(C)=O)[C@H](Cc2ccccc2)C(=O)N2C(=O)OC(C)(C)[C@@H]2C(C)C)cc1-c1cccc(C)c1. The van der Waals surface area contributed by atoms with Crippen LogP contribution in [0.3, 0.4) is 0 Å². The lowest BCUT2D eigenvalue weighted by Crippen LogP contribution is -2.51. The van der Waals surface area contributed by atoms with E-state index in [4.69, 9.17) is 13.9 Å². The van der Waals surface area contributed by atoms with Crippen LogP contribution in [0.5, 0.6) is 0 Å². The van der Waals surface area contributed by atoms with E-state index in [1.807, 2.05) is 89.2 Å². The van der Waals surface area contributed by atoms with E-state index in [9.17, 15) is 14.4 Å². The number of benzene rings is 2. The largest absolute Gasteiger partial charge is 0.461 e. The molecule has 0 radical (unpaired) electrons. The summed E-state index contributed by atoms with van der Waals surface area (Å²) in [5, 5.41) is 0. The van der Waals surface area contributed by atoms with Crippen molar-refractivity contribution < 1.29 is 28.3 Å². The number of furan rings is 1. The van der Waals surface area contributed by atoms with Gasteiger partial charge in [0.25, 0.3) is 0 Å². The Morgan fingerprint density at radius 2 is 1.69 bits per heavy atom. The molecule has 4 rings (SSSR count). The smallest absolute Gasteiger partial charge is 0.417 e. The maximum Gasteiger partial charge on any atom is 0.417 e. The van der Waals surface area contributed by atoms with Gasteiger partial charge in [-0.1, -0.05) is 107 Å². The second kappa shape index (κ2) is 14.9. The third kappa shape index (κ3) is 8.24. The first kappa shape index (κ1) is 34.0. The van der Waals surface area contributed by atoms with Gasteiger partial charge in [-0.05, 0) is 56.7 Å².